The van der Waals surface area contributed by atoms with E-state index in [4.69, 9.17) is 11.6 Å². The van der Waals surface area contributed by atoms with Gasteiger partial charge >= 0.3 is 0 Å². The largest absolute Gasteiger partial charge is 0.347 e. The first-order chi connectivity index (χ1) is 10.8. The summed E-state index contributed by atoms with van der Waals surface area (Å²) < 4.78 is 0. The molecule has 23 heavy (non-hydrogen) atoms. The quantitative estimate of drug-likeness (QED) is 0.881. The minimum Gasteiger partial charge on any atom is -0.347 e. The molecule has 1 amide bonds. The molecule has 3 nitrogen and oxygen atoms in total. The number of hydrogen-bond donors (Lipinski definition) is 1. The zero-order valence-electron chi connectivity index (χ0n) is 14.8. The van der Waals surface area contributed by atoms with Gasteiger partial charge in [0.2, 0.25) is 5.91 Å². The van der Waals surface area contributed by atoms with Crippen molar-refractivity contribution in [2.75, 3.05) is 20.1 Å². The highest BCUT2D eigenvalue weighted by Crippen LogP contribution is 2.28. The Labute approximate surface area is 145 Å². The van der Waals surface area contributed by atoms with Crippen molar-refractivity contribution in [3.8, 4) is 0 Å². The van der Waals surface area contributed by atoms with Crippen molar-refractivity contribution in [1.29, 1.82) is 0 Å². The molecule has 1 aliphatic heterocycles. The lowest BCUT2D eigenvalue weighted by atomic mass is 9.88. The Morgan fingerprint density at radius 1 is 1.43 bits per heavy atom. The highest BCUT2D eigenvalue weighted by atomic mass is 35.5. The lowest BCUT2D eigenvalue weighted by molar-refractivity contribution is -0.124. The molecular weight excluding hydrogens is 308 g/mol. The number of nitrogens with one attached hydrogen (secondary N) is 1. The Morgan fingerprint density at radius 2 is 2.17 bits per heavy atom. The van der Waals surface area contributed by atoms with Crippen LogP contribution in [0.15, 0.2) is 18.2 Å². The highest BCUT2D eigenvalue weighted by Gasteiger charge is 2.27. The zero-order chi connectivity index (χ0) is 17.0. The van der Waals surface area contributed by atoms with Crippen LogP contribution in [0.5, 0.6) is 0 Å². The summed E-state index contributed by atoms with van der Waals surface area (Å²) in [4.78, 5) is 14.8. The maximum Gasteiger partial charge on any atom is 0.220 e. The molecule has 128 valence electrons. The van der Waals surface area contributed by atoms with Crippen molar-refractivity contribution in [3.63, 3.8) is 0 Å². The van der Waals surface area contributed by atoms with Crippen LogP contribution in [-0.2, 0) is 16.8 Å². The Bertz CT molecular complexity index is 556. The SMILES string of the molecule is CCc1cc(Cl)ccc1C(C)(C)NC(=O)C[C@@H]1CCCN(C)C1. The van der Waals surface area contributed by atoms with Crippen LogP contribution in [0.3, 0.4) is 0 Å². The van der Waals surface area contributed by atoms with E-state index in [0.29, 0.717) is 12.3 Å². The summed E-state index contributed by atoms with van der Waals surface area (Å²) in [6.07, 6.45) is 3.86. The molecule has 1 fully saturated rings. The average Bonchev–Trinajstić information content (AvgIpc) is 2.46. The average molecular weight is 337 g/mol. The predicted molar refractivity (Wildman–Crippen MR) is 96.8 cm³/mol. The molecule has 1 N–H and O–H groups in total. The van der Waals surface area contributed by atoms with E-state index >= 15 is 0 Å². The van der Waals surface area contributed by atoms with Crippen LogP contribution in [0.2, 0.25) is 5.02 Å². The minimum atomic E-state index is -0.381. The normalized spacial score (nSPS) is 19.6. The van der Waals surface area contributed by atoms with E-state index in [0.717, 1.165) is 36.5 Å². The number of rotatable bonds is 5. The summed E-state index contributed by atoms with van der Waals surface area (Å²) in [7, 11) is 2.13. The number of piperidine rings is 1. The highest BCUT2D eigenvalue weighted by molar-refractivity contribution is 6.30. The van der Waals surface area contributed by atoms with Crippen molar-refractivity contribution in [2.24, 2.45) is 5.92 Å². The van der Waals surface area contributed by atoms with E-state index in [-0.39, 0.29) is 11.4 Å². The number of aryl methyl sites for hydroxylation is 1. The third kappa shape index (κ3) is 4.95. The smallest absolute Gasteiger partial charge is 0.220 e. The topological polar surface area (TPSA) is 32.3 Å². The first-order valence-corrected chi connectivity index (χ1v) is 8.98. The Morgan fingerprint density at radius 3 is 2.83 bits per heavy atom. The molecule has 2 rings (SSSR count). The number of carbonyl (C=O) groups is 1. The molecule has 1 heterocycles. The van der Waals surface area contributed by atoms with Crippen LogP contribution < -0.4 is 5.32 Å². The number of carbonyl (C=O) groups excluding carboxylic acids is 1. The lowest BCUT2D eigenvalue weighted by Crippen LogP contribution is -2.43. The van der Waals surface area contributed by atoms with Gasteiger partial charge in [0, 0.05) is 18.0 Å². The molecule has 1 aromatic rings. The van der Waals surface area contributed by atoms with Gasteiger partial charge in [0.1, 0.15) is 0 Å². The Hall–Kier alpha value is -1.06. The van der Waals surface area contributed by atoms with Crippen LogP contribution in [0.1, 0.15) is 51.2 Å². The molecule has 1 aliphatic rings. The molecule has 1 atom stereocenters. The maximum atomic E-state index is 12.5. The van der Waals surface area contributed by atoms with Crippen LogP contribution in [0, 0.1) is 5.92 Å². The number of hydrogen-bond acceptors (Lipinski definition) is 2. The van der Waals surface area contributed by atoms with Crippen LogP contribution >= 0.6 is 11.6 Å². The monoisotopic (exact) mass is 336 g/mol. The molecule has 0 unspecified atom stereocenters. The summed E-state index contributed by atoms with van der Waals surface area (Å²) in [5, 5.41) is 3.98. The fourth-order valence-corrected chi connectivity index (χ4v) is 3.83. The summed E-state index contributed by atoms with van der Waals surface area (Å²) in [5.74, 6) is 0.618. The molecule has 0 bridgehead atoms. The van der Waals surface area contributed by atoms with Gasteiger partial charge in [0.05, 0.1) is 5.54 Å². The van der Waals surface area contributed by atoms with Gasteiger partial charge in [-0.05, 0) is 75.9 Å². The molecule has 1 aromatic carbocycles. The van der Waals surface area contributed by atoms with Crippen molar-refractivity contribution in [3.05, 3.63) is 34.3 Å². The van der Waals surface area contributed by atoms with Gasteiger partial charge in [-0.2, -0.15) is 0 Å². The summed E-state index contributed by atoms with van der Waals surface area (Å²) in [6.45, 7) is 8.43. The minimum absolute atomic E-state index is 0.146. The first kappa shape index (κ1) is 18.3. The Balaban J connectivity index is 2.04. The number of likely N-dealkylation sites (tertiary alicyclic amines) is 1. The molecule has 0 spiro atoms. The van der Waals surface area contributed by atoms with E-state index in [1.807, 2.05) is 18.2 Å². The predicted octanol–water partition coefficient (Wildman–Crippen LogP) is 3.99. The Kier molecular flexibility index (Phi) is 6.10. The number of amides is 1. The fraction of sp³-hybridized carbons (Fsp3) is 0.632. The van der Waals surface area contributed by atoms with E-state index in [1.54, 1.807) is 0 Å². The fourth-order valence-electron chi connectivity index (χ4n) is 3.63. The number of halogens is 1. The number of benzene rings is 1. The zero-order valence-corrected chi connectivity index (χ0v) is 15.5. The molecular formula is C19H29ClN2O. The second kappa shape index (κ2) is 7.67. The first-order valence-electron chi connectivity index (χ1n) is 8.60. The van der Waals surface area contributed by atoms with E-state index < -0.39 is 0 Å². The standard InChI is InChI=1S/C19H29ClN2O/c1-5-15-12-16(20)8-9-17(15)19(2,3)21-18(23)11-14-7-6-10-22(4)13-14/h8-9,12,14H,5-7,10-11,13H2,1-4H3,(H,21,23)/t14-/m0/s1. The molecule has 1 saturated heterocycles. The van der Waals surface area contributed by atoms with Gasteiger partial charge in [-0.3, -0.25) is 4.79 Å². The van der Waals surface area contributed by atoms with Crippen LogP contribution in [-0.4, -0.2) is 30.9 Å². The molecule has 0 aromatic heterocycles. The van der Waals surface area contributed by atoms with Crippen molar-refractivity contribution < 1.29 is 4.79 Å². The second-order valence-electron chi connectivity index (χ2n) is 7.30. The third-order valence-electron chi connectivity index (χ3n) is 4.77. The molecule has 0 aliphatic carbocycles. The number of nitrogens with zero attached hydrogens (tertiary/aromatic N) is 1. The second-order valence-corrected chi connectivity index (χ2v) is 7.74. The van der Waals surface area contributed by atoms with Gasteiger partial charge in [0.25, 0.3) is 0 Å². The summed E-state index contributed by atoms with van der Waals surface area (Å²) >= 11 is 6.10. The summed E-state index contributed by atoms with van der Waals surface area (Å²) in [6, 6.07) is 5.94. The van der Waals surface area contributed by atoms with Crippen molar-refractivity contribution >= 4 is 17.5 Å². The van der Waals surface area contributed by atoms with Gasteiger partial charge in [-0.1, -0.05) is 24.6 Å². The van der Waals surface area contributed by atoms with Gasteiger partial charge in [0.15, 0.2) is 0 Å². The third-order valence-corrected chi connectivity index (χ3v) is 5.00. The van der Waals surface area contributed by atoms with Crippen molar-refractivity contribution in [2.45, 2.75) is 52.0 Å². The molecule has 4 heteroatoms. The molecule has 0 saturated carbocycles. The van der Waals surface area contributed by atoms with Gasteiger partial charge in [-0.15, -0.1) is 0 Å². The van der Waals surface area contributed by atoms with Crippen LogP contribution in [0.25, 0.3) is 0 Å². The van der Waals surface area contributed by atoms with E-state index in [1.165, 1.54) is 12.0 Å². The maximum absolute atomic E-state index is 12.5. The van der Waals surface area contributed by atoms with Gasteiger partial charge < -0.3 is 10.2 Å². The summed E-state index contributed by atoms with van der Waals surface area (Å²) in [5.41, 5.74) is 1.96. The van der Waals surface area contributed by atoms with Crippen LogP contribution in [0.4, 0.5) is 0 Å². The molecule has 0 radical (unpaired) electrons. The lowest BCUT2D eigenvalue weighted by Gasteiger charge is -2.32. The van der Waals surface area contributed by atoms with Gasteiger partial charge in [-0.25, -0.2) is 0 Å². The van der Waals surface area contributed by atoms with Crippen molar-refractivity contribution in [1.82, 2.24) is 10.2 Å². The van der Waals surface area contributed by atoms with E-state index in [9.17, 15) is 4.79 Å². The van der Waals surface area contributed by atoms with E-state index in [2.05, 4.69) is 38.0 Å².